The second-order valence-corrected chi connectivity index (χ2v) is 5.77. The smallest absolute Gasteiger partial charge is 0.325 e. The predicted molar refractivity (Wildman–Crippen MR) is 70.8 cm³/mol. The van der Waals surface area contributed by atoms with Crippen LogP contribution < -0.4 is 5.32 Å². The van der Waals surface area contributed by atoms with Crippen molar-refractivity contribution in [1.29, 1.82) is 0 Å². The number of carbonyl (C=O) groups is 1. The third-order valence-electron chi connectivity index (χ3n) is 3.18. The number of rotatable bonds is 7. The predicted octanol–water partition coefficient (Wildman–Crippen LogP) is 2.97. The zero-order valence-electron chi connectivity index (χ0n) is 11.3. The molecule has 0 aromatic rings. The van der Waals surface area contributed by atoms with Gasteiger partial charge in [-0.2, -0.15) is 13.2 Å². The molecular weight excluding hydrogens is 277 g/mol. The Morgan fingerprint density at radius 2 is 2.05 bits per heavy atom. The molecule has 1 amide bonds. The Balaban J connectivity index is 2.48. The van der Waals surface area contributed by atoms with E-state index in [0.717, 1.165) is 19.3 Å². The minimum absolute atomic E-state index is 0.0527. The Labute approximate surface area is 116 Å². The molecule has 1 aliphatic rings. The summed E-state index contributed by atoms with van der Waals surface area (Å²) in [4.78, 5) is 13.7. The SMILES string of the molecule is CCCCC1NC(CC)N(CCSC(F)(F)F)C1=O. The highest BCUT2D eigenvalue weighted by Gasteiger charge is 2.37. The van der Waals surface area contributed by atoms with Crippen LogP contribution in [0.3, 0.4) is 0 Å². The lowest BCUT2D eigenvalue weighted by molar-refractivity contribution is -0.130. The number of thioether (sulfide) groups is 1. The summed E-state index contributed by atoms with van der Waals surface area (Å²) in [6.45, 7) is 4.13. The lowest BCUT2D eigenvalue weighted by Gasteiger charge is -2.23. The molecule has 1 aliphatic heterocycles. The fraction of sp³-hybridized carbons (Fsp3) is 0.917. The van der Waals surface area contributed by atoms with Gasteiger partial charge in [0.15, 0.2) is 0 Å². The second-order valence-electron chi connectivity index (χ2n) is 4.61. The van der Waals surface area contributed by atoms with Gasteiger partial charge >= 0.3 is 5.51 Å². The van der Waals surface area contributed by atoms with Crippen LogP contribution in [0.15, 0.2) is 0 Å². The Kier molecular flexibility index (Phi) is 6.46. The molecule has 0 aliphatic carbocycles. The van der Waals surface area contributed by atoms with Crippen molar-refractivity contribution in [2.45, 2.75) is 57.2 Å². The van der Waals surface area contributed by atoms with Gasteiger partial charge in [-0.05, 0) is 24.6 Å². The minimum atomic E-state index is -4.22. The van der Waals surface area contributed by atoms with Crippen molar-refractivity contribution >= 4 is 17.7 Å². The fourth-order valence-electron chi connectivity index (χ4n) is 2.23. The first-order valence-electron chi connectivity index (χ1n) is 6.66. The summed E-state index contributed by atoms with van der Waals surface area (Å²) in [5.41, 5.74) is -4.22. The molecule has 0 radical (unpaired) electrons. The highest BCUT2D eigenvalue weighted by molar-refractivity contribution is 8.00. The number of unbranched alkanes of at least 4 members (excludes halogenated alkanes) is 1. The molecule has 7 heteroatoms. The Hall–Kier alpha value is -0.430. The summed E-state index contributed by atoms with van der Waals surface area (Å²) in [6.07, 6.45) is 3.31. The quantitative estimate of drug-likeness (QED) is 0.784. The zero-order chi connectivity index (χ0) is 14.5. The molecule has 0 saturated carbocycles. The summed E-state index contributed by atoms with van der Waals surface area (Å²) in [5, 5.41) is 3.21. The van der Waals surface area contributed by atoms with E-state index in [2.05, 4.69) is 12.2 Å². The van der Waals surface area contributed by atoms with E-state index in [0.29, 0.717) is 6.42 Å². The largest absolute Gasteiger partial charge is 0.441 e. The minimum Gasteiger partial charge on any atom is -0.325 e. The van der Waals surface area contributed by atoms with Crippen LogP contribution >= 0.6 is 11.8 Å². The van der Waals surface area contributed by atoms with Gasteiger partial charge in [-0.3, -0.25) is 10.1 Å². The van der Waals surface area contributed by atoms with Crippen molar-refractivity contribution in [2.75, 3.05) is 12.3 Å². The van der Waals surface area contributed by atoms with Crippen LogP contribution in [-0.2, 0) is 4.79 Å². The first-order chi connectivity index (χ1) is 8.89. The Morgan fingerprint density at radius 1 is 1.37 bits per heavy atom. The number of hydrogen-bond acceptors (Lipinski definition) is 3. The van der Waals surface area contributed by atoms with Gasteiger partial charge in [0, 0.05) is 12.3 Å². The summed E-state index contributed by atoms with van der Waals surface area (Å²) >= 11 is -0.0676. The van der Waals surface area contributed by atoms with Crippen LogP contribution in [0.4, 0.5) is 13.2 Å². The van der Waals surface area contributed by atoms with E-state index in [9.17, 15) is 18.0 Å². The lowest BCUT2D eigenvalue weighted by atomic mass is 10.1. The molecule has 2 atom stereocenters. The van der Waals surface area contributed by atoms with Crippen molar-refractivity contribution in [3.05, 3.63) is 0 Å². The molecule has 1 saturated heterocycles. The van der Waals surface area contributed by atoms with Crippen LogP contribution in [0.25, 0.3) is 0 Å². The van der Waals surface area contributed by atoms with Gasteiger partial charge in [0.05, 0.1) is 12.2 Å². The highest BCUT2D eigenvalue weighted by atomic mass is 32.2. The molecule has 112 valence electrons. The van der Waals surface area contributed by atoms with E-state index in [1.807, 2.05) is 6.92 Å². The molecule has 1 N–H and O–H groups in total. The average Bonchev–Trinajstić information content (AvgIpc) is 2.62. The van der Waals surface area contributed by atoms with Crippen LogP contribution in [-0.4, -0.2) is 40.8 Å². The first kappa shape index (κ1) is 16.6. The Bertz CT molecular complexity index is 299. The van der Waals surface area contributed by atoms with E-state index in [1.54, 1.807) is 4.90 Å². The summed E-state index contributed by atoms with van der Waals surface area (Å²) in [7, 11) is 0. The third kappa shape index (κ3) is 5.22. The van der Waals surface area contributed by atoms with Crippen LogP contribution in [0, 0.1) is 0 Å². The zero-order valence-corrected chi connectivity index (χ0v) is 12.1. The molecular formula is C12H21F3N2OS. The van der Waals surface area contributed by atoms with Crippen molar-refractivity contribution in [2.24, 2.45) is 0 Å². The van der Waals surface area contributed by atoms with Crippen molar-refractivity contribution in [3.63, 3.8) is 0 Å². The molecule has 1 fully saturated rings. The number of nitrogens with zero attached hydrogens (tertiary/aromatic N) is 1. The van der Waals surface area contributed by atoms with Crippen molar-refractivity contribution < 1.29 is 18.0 Å². The van der Waals surface area contributed by atoms with Crippen molar-refractivity contribution in [1.82, 2.24) is 10.2 Å². The molecule has 0 aromatic heterocycles. The number of halogens is 3. The fourth-order valence-corrected chi connectivity index (χ4v) is 2.75. The van der Waals surface area contributed by atoms with E-state index in [-0.39, 0.29) is 42.2 Å². The van der Waals surface area contributed by atoms with E-state index < -0.39 is 5.51 Å². The number of carbonyl (C=O) groups excluding carboxylic acids is 1. The van der Waals surface area contributed by atoms with Gasteiger partial charge in [-0.15, -0.1) is 0 Å². The number of amides is 1. The number of nitrogens with one attached hydrogen (secondary N) is 1. The Morgan fingerprint density at radius 3 is 2.58 bits per heavy atom. The average molecular weight is 298 g/mol. The molecule has 3 nitrogen and oxygen atoms in total. The van der Waals surface area contributed by atoms with Crippen LogP contribution in [0.2, 0.25) is 0 Å². The van der Waals surface area contributed by atoms with Gasteiger partial charge in [-0.25, -0.2) is 0 Å². The maximum absolute atomic E-state index is 12.1. The second kappa shape index (κ2) is 7.38. The van der Waals surface area contributed by atoms with E-state index in [4.69, 9.17) is 0 Å². The molecule has 1 rings (SSSR count). The van der Waals surface area contributed by atoms with E-state index >= 15 is 0 Å². The molecule has 0 spiro atoms. The maximum Gasteiger partial charge on any atom is 0.441 e. The standard InChI is InChI=1S/C12H21F3N2OS/c1-3-5-6-9-11(18)17(10(4-2)16-9)7-8-19-12(13,14)15/h9-10,16H,3-8H2,1-2H3. The molecule has 2 unspecified atom stereocenters. The molecule has 1 heterocycles. The molecule has 19 heavy (non-hydrogen) atoms. The highest BCUT2D eigenvalue weighted by Crippen LogP contribution is 2.30. The van der Waals surface area contributed by atoms with Crippen LogP contribution in [0.1, 0.15) is 39.5 Å². The number of hydrogen-bond donors (Lipinski definition) is 1. The number of alkyl halides is 3. The van der Waals surface area contributed by atoms with Crippen molar-refractivity contribution in [3.8, 4) is 0 Å². The topological polar surface area (TPSA) is 32.3 Å². The van der Waals surface area contributed by atoms with E-state index in [1.165, 1.54) is 0 Å². The first-order valence-corrected chi connectivity index (χ1v) is 7.64. The molecule has 0 aromatic carbocycles. The lowest BCUT2D eigenvalue weighted by Crippen LogP contribution is -2.38. The summed E-state index contributed by atoms with van der Waals surface area (Å²) < 4.78 is 36.3. The monoisotopic (exact) mass is 298 g/mol. The van der Waals surface area contributed by atoms with Gasteiger partial charge < -0.3 is 4.90 Å². The molecule has 0 bridgehead atoms. The van der Waals surface area contributed by atoms with Gasteiger partial charge in [0.25, 0.3) is 0 Å². The van der Waals surface area contributed by atoms with Crippen LogP contribution in [0.5, 0.6) is 0 Å². The third-order valence-corrected chi connectivity index (χ3v) is 3.90. The van der Waals surface area contributed by atoms with Gasteiger partial charge in [0.2, 0.25) is 5.91 Å². The van der Waals surface area contributed by atoms with Gasteiger partial charge in [0.1, 0.15) is 0 Å². The normalized spacial score (nSPS) is 24.3. The maximum atomic E-state index is 12.1. The summed E-state index contributed by atoms with van der Waals surface area (Å²) in [5.74, 6) is -0.156. The van der Waals surface area contributed by atoms with Gasteiger partial charge in [-0.1, -0.05) is 26.7 Å². The summed E-state index contributed by atoms with van der Waals surface area (Å²) in [6, 6.07) is -0.221.